The van der Waals surface area contributed by atoms with Crippen LogP contribution in [0.25, 0.3) is 0 Å². The number of aliphatic hydroxyl groups excluding tert-OH is 1. The predicted octanol–water partition coefficient (Wildman–Crippen LogP) is 3.87. The molecule has 152 valence electrons. The van der Waals surface area contributed by atoms with Crippen LogP contribution in [0.5, 0.6) is 0 Å². The first-order valence-electron chi connectivity index (χ1n) is 11.0. The van der Waals surface area contributed by atoms with Crippen molar-refractivity contribution in [2.75, 3.05) is 19.6 Å². The number of benzene rings is 2. The van der Waals surface area contributed by atoms with Crippen molar-refractivity contribution < 1.29 is 9.90 Å². The van der Waals surface area contributed by atoms with Crippen LogP contribution < -0.4 is 0 Å². The standard InChI is InChI=1S/C25H30N2O2/c28-17-18-9-11-21(12-10-18)25(29)26-14-19-13-22(16-26)24-8-4-7-23(27(24)15-19)20-5-2-1-3-6-20/h1-3,5-6,9-12,19,22-24,28H,4,7-8,13-17H2/t19-,22+,23+,24-/m0/s1. The number of nitrogens with zero attached hydrogens (tertiary/aromatic N) is 2. The second-order valence-corrected chi connectivity index (χ2v) is 9.05. The number of piperidine rings is 3. The molecule has 1 N–H and O–H groups in total. The van der Waals surface area contributed by atoms with Crippen molar-refractivity contribution in [3.8, 4) is 0 Å². The second-order valence-electron chi connectivity index (χ2n) is 9.05. The minimum absolute atomic E-state index is 0.0163. The zero-order chi connectivity index (χ0) is 19.8. The van der Waals surface area contributed by atoms with E-state index in [2.05, 4.69) is 40.1 Å². The average Bonchev–Trinajstić information content (AvgIpc) is 2.79. The van der Waals surface area contributed by atoms with E-state index in [0.717, 1.165) is 30.8 Å². The number of likely N-dealkylation sites (tertiary alicyclic amines) is 1. The molecule has 3 fully saturated rings. The van der Waals surface area contributed by atoms with Gasteiger partial charge in [-0.25, -0.2) is 0 Å². The Labute approximate surface area is 173 Å². The Morgan fingerprint density at radius 3 is 2.52 bits per heavy atom. The summed E-state index contributed by atoms with van der Waals surface area (Å²) in [4.78, 5) is 18.0. The molecule has 0 spiro atoms. The van der Waals surface area contributed by atoms with E-state index in [1.807, 2.05) is 24.3 Å². The molecule has 2 bridgehead atoms. The topological polar surface area (TPSA) is 43.8 Å². The molecular weight excluding hydrogens is 360 g/mol. The lowest BCUT2D eigenvalue weighted by Crippen LogP contribution is -2.60. The fourth-order valence-electron chi connectivity index (χ4n) is 5.94. The smallest absolute Gasteiger partial charge is 0.253 e. The molecule has 2 aromatic rings. The van der Waals surface area contributed by atoms with Crippen LogP contribution in [-0.2, 0) is 6.61 Å². The highest BCUT2D eigenvalue weighted by molar-refractivity contribution is 5.94. The molecular formula is C25H30N2O2. The Bertz CT molecular complexity index is 851. The molecule has 4 heteroatoms. The Kier molecular flexibility index (Phi) is 5.15. The van der Waals surface area contributed by atoms with Crippen molar-refractivity contribution in [2.24, 2.45) is 11.8 Å². The van der Waals surface area contributed by atoms with Crippen molar-refractivity contribution >= 4 is 5.91 Å². The average molecular weight is 391 g/mol. The van der Waals surface area contributed by atoms with E-state index in [4.69, 9.17) is 0 Å². The third-order valence-corrected chi connectivity index (χ3v) is 7.24. The molecule has 3 aliphatic rings. The monoisotopic (exact) mass is 390 g/mol. The molecule has 4 nitrogen and oxygen atoms in total. The summed E-state index contributed by atoms with van der Waals surface area (Å²) in [5.41, 5.74) is 3.04. The van der Waals surface area contributed by atoms with Crippen molar-refractivity contribution in [3.05, 3.63) is 71.3 Å². The fraction of sp³-hybridized carbons (Fsp3) is 0.480. The number of fused-ring (bicyclic) bond motifs is 4. The van der Waals surface area contributed by atoms with E-state index in [1.165, 1.54) is 31.2 Å². The predicted molar refractivity (Wildman–Crippen MR) is 113 cm³/mol. The first-order chi connectivity index (χ1) is 14.2. The van der Waals surface area contributed by atoms with E-state index >= 15 is 0 Å². The van der Waals surface area contributed by atoms with Crippen LogP contribution in [0.3, 0.4) is 0 Å². The number of aliphatic hydroxyl groups is 1. The van der Waals surface area contributed by atoms with Gasteiger partial charge in [-0.05, 0) is 60.8 Å². The van der Waals surface area contributed by atoms with Crippen LogP contribution in [0.4, 0.5) is 0 Å². The van der Waals surface area contributed by atoms with Gasteiger partial charge in [0.05, 0.1) is 6.61 Å². The van der Waals surface area contributed by atoms with Crippen molar-refractivity contribution in [1.82, 2.24) is 9.80 Å². The van der Waals surface area contributed by atoms with Crippen LogP contribution in [0.1, 0.15) is 53.2 Å². The Hall–Kier alpha value is -2.17. The summed E-state index contributed by atoms with van der Waals surface area (Å²) >= 11 is 0. The fourth-order valence-corrected chi connectivity index (χ4v) is 5.94. The highest BCUT2D eigenvalue weighted by atomic mass is 16.3. The second kappa shape index (κ2) is 7.92. The SMILES string of the molecule is O=C(c1ccc(CO)cc1)N1C[C@@H]2C[C@H](C1)[C@@H]1CCC[C@H](c3ccccc3)N1C2. The Morgan fingerprint density at radius 2 is 1.76 bits per heavy atom. The van der Waals surface area contributed by atoms with E-state index < -0.39 is 0 Å². The largest absolute Gasteiger partial charge is 0.392 e. The summed E-state index contributed by atoms with van der Waals surface area (Å²) in [5, 5.41) is 9.24. The van der Waals surface area contributed by atoms with Crippen molar-refractivity contribution in [2.45, 2.75) is 44.4 Å². The van der Waals surface area contributed by atoms with Gasteiger partial charge in [-0.15, -0.1) is 0 Å². The quantitative estimate of drug-likeness (QED) is 0.865. The molecule has 0 unspecified atom stereocenters. The molecule has 4 atom stereocenters. The van der Waals surface area contributed by atoms with Crippen LogP contribution in [-0.4, -0.2) is 46.5 Å². The lowest BCUT2D eigenvalue weighted by molar-refractivity contribution is -0.0511. The normalized spacial score (nSPS) is 29.3. The Balaban J connectivity index is 1.33. The van der Waals surface area contributed by atoms with Gasteiger partial charge in [0.1, 0.15) is 0 Å². The van der Waals surface area contributed by atoms with Crippen molar-refractivity contribution in [1.29, 1.82) is 0 Å². The molecule has 5 rings (SSSR count). The number of carbonyl (C=O) groups excluding carboxylic acids is 1. The maximum atomic E-state index is 13.1. The molecule has 0 aliphatic carbocycles. The van der Waals surface area contributed by atoms with Gasteiger partial charge in [0.2, 0.25) is 0 Å². The highest BCUT2D eigenvalue weighted by Gasteiger charge is 2.45. The molecule has 2 aromatic carbocycles. The molecule has 3 aliphatic heterocycles. The van der Waals surface area contributed by atoms with Gasteiger partial charge in [0, 0.05) is 37.3 Å². The number of rotatable bonds is 3. The molecule has 0 saturated carbocycles. The number of amides is 1. The summed E-state index contributed by atoms with van der Waals surface area (Å²) < 4.78 is 0. The summed E-state index contributed by atoms with van der Waals surface area (Å²) in [6.07, 6.45) is 5.04. The number of hydrogen-bond acceptors (Lipinski definition) is 3. The molecule has 3 saturated heterocycles. The third kappa shape index (κ3) is 3.60. The van der Waals surface area contributed by atoms with Gasteiger partial charge in [-0.3, -0.25) is 9.69 Å². The van der Waals surface area contributed by atoms with Gasteiger partial charge in [0.15, 0.2) is 0 Å². The van der Waals surface area contributed by atoms with Crippen LogP contribution in [0.2, 0.25) is 0 Å². The minimum Gasteiger partial charge on any atom is -0.392 e. The van der Waals surface area contributed by atoms with E-state index in [-0.39, 0.29) is 12.5 Å². The zero-order valence-corrected chi connectivity index (χ0v) is 16.9. The molecule has 29 heavy (non-hydrogen) atoms. The van der Waals surface area contributed by atoms with Crippen molar-refractivity contribution in [3.63, 3.8) is 0 Å². The zero-order valence-electron chi connectivity index (χ0n) is 16.9. The Morgan fingerprint density at radius 1 is 0.966 bits per heavy atom. The van der Waals surface area contributed by atoms with Gasteiger partial charge in [-0.2, -0.15) is 0 Å². The molecule has 3 heterocycles. The van der Waals surface area contributed by atoms with E-state index in [0.29, 0.717) is 23.9 Å². The summed E-state index contributed by atoms with van der Waals surface area (Å²) in [5.74, 6) is 1.29. The summed E-state index contributed by atoms with van der Waals surface area (Å²) in [7, 11) is 0. The van der Waals surface area contributed by atoms with E-state index in [9.17, 15) is 9.90 Å². The van der Waals surface area contributed by atoms with Gasteiger partial charge in [-0.1, -0.05) is 42.5 Å². The molecule has 1 amide bonds. The van der Waals surface area contributed by atoms with Crippen LogP contribution in [0.15, 0.2) is 54.6 Å². The minimum atomic E-state index is 0.0163. The van der Waals surface area contributed by atoms with Gasteiger partial charge >= 0.3 is 0 Å². The van der Waals surface area contributed by atoms with Crippen LogP contribution >= 0.6 is 0 Å². The first-order valence-corrected chi connectivity index (χ1v) is 11.0. The van der Waals surface area contributed by atoms with Gasteiger partial charge in [0.25, 0.3) is 5.91 Å². The molecule has 0 aromatic heterocycles. The lowest BCUT2D eigenvalue weighted by Gasteiger charge is -2.55. The van der Waals surface area contributed by atoms with Gasteiger partial charge < -0.3 is 10.0 Å². The lowest BCUT2D eigenvalue weighted by atomic mass is 9.74. The number of hydrogen-bond donors (Lipinski definition) is 1. The maximum Gasteiger partial charge on any atom is 0.253 e. The van der Waals surface area contributed by atoms with E-state index in [1.54, 1.807) is 0 Å². The highest BCUT2D eigenvalue weighted by Crippen LogP contribution is 2.44. The molecule has 0 radical (unpaired) electrons. The summed E-state index contributed by atoms with van der Waals surface area (Å²) in [6.45, 7) is 2.86. The summed E-state index contributed by atoms with van der Waals surface area (Å²) in [6, 6.07) is 19.5. The third-order valence-electron chi connectivity index (χ3n) is 7.24. The number of carbonyl (C=O) groups is 1. The first kappa shape index (κ1) is 18.8. The van der Waals surface area contributed by atoms with Crippen LogP contribution in [0, 0.1) is 11.8 Å². The maximum absolute atomic E-state index is 13.1.